The Balaban J connectivity index is 1.19. The summed E-state index contributed by atoms with van der Waals surface area (Å²) in [5, 5.41) is 18.5. The van der Waals surface area contributed by atoms with Crippen LogP contribution in [0.3, 0.4) is 0 Å². The number of hydrogen-bond donors (Lipinski definition) is 1. The first kappa shape index (κ1) is 36.0. The van der Waals surface area contributed by atoms with Crippen molar-refractivity contribution in [2.45, 2.75) is 44.9 Å². The highest BCUT2D eigenvalue weighted by Crippen LogP contribution is 2.50. The van der Waals surface area contributed by atoms with E-state index in [-0.39, 0.29) is 16.4 Å². The Hall–Kier alpha value is -6.00. The maximum atomic E-state index is 11.3. The molecular weight excluding hydrogens is 713 g/mol. The molecule has 0 atom stereocenters. The van der Waals surface area contributed by atoms with Crippen molar-refractivity contribution in [3.8, 4) is 37.4 Å². The smallest absolute Gasteiger partial charge is 0.346 e. The molecule has 0 unspecified atom stereocenters. The van der Waals surface area contributed by atoms with Gasteiger partial charge in [0.1, 0.15) is 11.6 Å². The van der Waals surface area contributed by atoms with Crippen molar-refractivity contribution in [3.63, 3.8) is 0 Å². The lowest BCUT2D eigenvalue weighted by molar-refractivity contribution is -0.132. The van der Waals surface area contributed by atoms with E-state index in [9.17, 15) is 15.2 Å². The quantitative estimate of drug-likeness (QED) is 0.130. The summed E-state index contributed by atoms with van der Waals surface area (Å²) in [5.41, 5.74) is 12.5. The zero-order valence-electron chi connectivity index (χ0n) is 31.3. The fourth-order valence-electron chi connectivity index (χ4n) is 7.86. The van der Waals surface area contributed by atoms with E-state index in [4.69, 9.17) is 0 Å². The number of carboxylic acid groups (broad SMARTS) is 1. The number of carboxylic acids is 1. The maximum Gasteiger partial charge on any atom is 0.346 e. The molecule has 2 aromatic heterocycles. The summed E-state index contributed by atoms with van der Waals surface area (Å²) in [6.45, 7) is 13.9. The number of allylic oxidation sites excluding steroid dienone is 4. The zero-order valence-corrected chi connectivity index (χ0v) is 32.9. The molecule has 0 saturated carbocycles. The van der Waals surface area contributed by atoms with Gasteiger partial charge in [0.05, 0.1) is 0 Å². The van der Waals surface area contributed by atoms with E-state index in [1.807, 2.05) is 12.1 Å². The van der Waals surface area contributed by atoms with E-state index < -0.39 is 5.97 Å². The Kier molecular flexibility index (Phi) is 9.17. The highest BCUT2D eigenvalue weighted by molar-refractivity contribution is 7.24. The Labute approximate surface area is 331 Å². The molecule has 2 heterocycles. The van der Waals surface area contributed by atoms with Crippen LogP contribution in [0.2, 0.25) is 0 Å². The third kappa shape index (κ3) is 6.50. The van der Waals surface area contributed by atoms with E-state index >= 15 is 0 Å². The fraction of sp³-hybridized carbons (Fsp3) is 0.143. The molecule has 4 aromatic carbocycles. The number of nitrogens with zero attached hydrogens (tertiary/aromatic N) is 2. The van der Waals surface area contributed by atoms with Gasteiger partial charge in [-0.15, -0.1) is 22.7 Å². The molecule has 55 heavy (non-hydrogen) atoms. The normalized spacial score (nSPS) is 17.0. The Morgan fingerprint density at radius 2 is 1.42 bits per heavy atom. The lowest BCUT2D eigenvalue weighted by Gasteiger charge is -2.31. The van der Waals surface area contributed by atoms with E-state index in [0.29, 0.717) is 0 Å². The maximum absolute atomic E-state index is 11.3. The molecule has 0 saturated heterocycles. The van der Waals surface area contributed by atoms with Crippen molar-refractivity contribution in [1.29, 1.82) is 5.26 Å². The van der Waals surface area contributed by atoms with Crippen LogP contribution in [0.25, 0.3) is 37.4 Å². The minimum Gasteiger partial charge on any atom is -0.477 e. The van der Waals surface area contributed by atoms with Crippen LogP contribution in [0.1, 0.15) is 54.8 Å². The predicted octanol–water partition coefficient (Wildman–Crippen LogP) is 13.1. The van der Waals surface area contributed by atoms with Gasteiger partial charge in [-0.3, -0.25) is 0 Å². The second-order valence-electron chi connectivity index (χ2n) is 15.1. The molecule has 2 aliphatic carbocycles. The van der Waals surface area contributed by atoms with Crippen LogP contribution in [0, 0.1) is 11.3 Å². The summed E-state index contributed by atoms with van der Waals surface area (Å²) < 4.78 is 0. The first-order valence-corrected chi connectivity index (χ1v) is 19.9. The second-order valence-corrected chi connectivity index (χ2v) is 17.3. The first-order valence-electron chi connectivity index (χ1n) is 18.3. The van der Waals surface area contributed by atoms with Crippen LogP contribution in [0.15, 0.2) is 157 Å². The number of anilines is 2. The number of benzene rings is 4. The van der Waals surface area contributed by atoms with Gasteiger partial charge in [-0.1, -0.05) is 107 Å². The van der Waals surface area contributed by atoms with Crippen LogP contribution in [0.5, 0.6) is 0 Å². The molecule has 0 radical (unpaired) electrons. The van der Waals surface area contributed by atoms with Crippen LogP contribution < -0.4 is 4.90 Å². The van der Waals surface area contributed by atoms with Gasteiger partial charge in [0.2, 0.25) is 0 Å². The van der Waals surface area contributed by atoms with Crippen molar-refractivity contribution >= 4 is 46.1 Å². The highest BCUT2D eigenvalue weighted by atomic mass is 32.1. The van der Waals surface area contributed by atoms with Gasteiger partial charge >= 0.3 is 5.97 Å². The molecule has 0 bridgehead atoms. The molecule has 0 aliphatic heterocycles. The van der Waals surface area contributed by atoms with E-state index in [1.165, 1.54) is 50.8 Å². The Morgan fingerprint density at radius 1 is 0.764 bits per heavy atom. The largest absolute Gasteiger partial charge is 0.477 e. The molecule has 6 heteroatoms. The number of nitriles is 1. The Bertz CT molecular complexity index is 2640. The summed E-state index contributed by atoms with van der Waals surface area (Å²) in [5.74, 6) is -1.22. The van der Waals surface area contributed by atoms with Crippen molar-refractivity contribution in [2.75, 3.05) is 4.90 Å². The average Bonchev–Trinajstić information content (AvgIpc) is 3.92. The van der Waals surface area contributed by atoms with Gasteiger partial charge in [-0.2, -0.15) is 5.26 Å². The van der Waals surface area contributed by atoms with Gasteiger partial charge in [-0.05, 0) is 118 Å². The SMILES string of the molecule is C=C1/C=C(N(c2ccc(-c3ccc(-c4ccc(/C=C(\C#N)C(=O)O)s4)s3)cc2)c2ccc3c(c2)C(C)(C)c2ccccc2-3)\C=C/Cc2ccccc2C1(C)C. The van der Waals surface area contributed by atoms with Crippen molar-refractivity contribution in [3.05, 3.63) is 184 Å². The number of fused-ring (bicyclic) bond motifs is 4. The topological polar surface area (TPSA) is 64.3 Å². The van der Waals surface area contributed by atoms with Gasteiger partial charge < -0.3 is 10.0 Å². The molecule has 0 spiro atoms. The Morgan fingerprint density at radius 3 is 2.18 bits per heavy atom. The van der Waals surface area contributed by atoms with E-state index in [1.54, 1.807) is 17.4 Å². The van der Waals surface area contributed by atoms with Crippen LogP contribution in [0.4, 0.5) is 11.4 Å². The summed E-state index contributed by atoms with van der Waals surface area (Å²) in [6, 6.07) is 43.0. The molecule has 1 N–H and O–H groups in total. The van der Waals surface area contributed by atoms with Crippen LogP contribution in [-0.2, 0) is 22.0 Å². The lowest BCUT2D eigenvalue weighted by atomic mass is 9.75. The number of carbonyl (C=O) groups is 1. The molecule has 2 aliphatic rings. The van der Waals surface area contributed by atoms with Crippen molar-refractivity contribution in [2.24, 2.45) is 0 Å². The zero-order chi connectivity index (χ0) is 38.5. The molecular formula is C49H40N2O2S2. The fourth-order valence-corrected chi connectivity index (χ4v) is 9.91. The number of aliphatic carboxylic acids is 1. The first-order chi connectivity index (χ1) is 26.4. The van der Waals surface area contributed by atoms with Gasteiger partial charge in [0, 0.05) is 47.4 Å². The third-order valence-corrected chi connectivity index (χ3v) is 13.4. The molecule has 6 aromatic rings. The predicted molar refractivity (Wildman–Crippen MR) is 230 cm³/mol. The standard InChI is InChI=1S/C49H40N2O2S2/c1-31-27-36(13-10-12-32-11-6-8-15-41(32)48(31,2)3)51(37-21-23-40-39-14-7-9-16-42(39)49(4,5)43(40)29-37)35-19-17-33(18-20-35)44-25-26-46(55-44)45-24-22-38(54-45)28-34(30-50)47(52)53/h6-11,13-29H,1,12H2,2-5H3,(H,52,53)/b13-10-,34-28+,36-27+. The molecule has 270 valence electrons. The van der Waals surface area contributed by atoms with Crippen molar-refractivity contribution in [1.82, 2.24) is 0 Å². The van der Waals surface area contributed by atoms with Gasteiger partial charge in [0.15, 0.2) is 0 Å². The van der Waals surface area contributed by atoms with E-state index in [2.05, 4.69) is 161 Å². The lowest BCUT2D eigenvalue weighted by Crippen LogP contribution is -2.22. The summed E-state index contributed by atoms with van der Waals surface area (Å²) in [4.78, 5) is 17.7. The minimum atomic E-state index is -1.22. The average molecular weight is 753 g/mol. The van der Waals surface area contributed by atoms with Crippen molar-refractivity contribution < 1.29 is 9.90 Å². The minimum absolute atomic E-state index is 0.141. The van der Waals surface area contributed by atoms with Gasteiger partial charge in [0.25, 0.3) is 0 Å². The molecule has 4 nitrogen and oxygen atoms in total. The molecule has 0 fully saturated rings. The number of hydrogen-bond acceptors (Lipinski definition) is 5. The van der Waals surface area contributed by atoms with Crippen LogP contribution in [-0.4, -0.2) is 11.1 Å². The van der Waals surface area contributed by atoms with Crippen LogP contribution >= 0.6 is 22.7 Å². The molecule has 8 rings (SSSR count). The third-order valence-electron chi connectivity index (χ3n) is 11.0. The number of thiophene rings is 2. The second kappa shape index (κ2) is 14.0. The monoisotopic (exact) mass is 752 g/mol. The highest BCUT2D eigenvalue weighted by Gasteiger charge is 2.36. The summed E-state index contributed by atoms with van der Waals surface area (Å²) in [6.07, 6.45) is 9.02. The number of rotatable bonds is 7. The summed E-state index contributed by atoms with van der Waals surface area (Å²) in [7, 11) is 0. The van der Waals surface area contributed by atoms with Gasteiger partial charge in [-0.25, -0.2) is 4.79 Å². The van der Waals surface area contributed by atoms with E-state index in [0.717, 1.165) is 54.1 Å². The molecule has 0 amide bonds. The summed E-state index contributed by atoms with van der Waals surface area (Å²) >= 11 is 3.16.